The number of ether oxygens (including phenoxy) is 2. The number of piperidine rings is 1. The van der Waals surface area contributed by atoms with E-state index in [-0.39, 0.29) is 17.7 Å². The first kappa shape index (κ1) is 18.5. The minimum absolute atomic E-state index is 0.0290. The van der Waals surface area contributed by atoms with E-state index in [1.54, 1.807) is 0 Å². The lowest BCUT2D eigenvalue weighted by atomic mass is 9.91. The van der Waals surface area contributed by atoms with Crippen LogP contribution in [0.3, 0.4) is 0 Å². The maximum Gasteiger partial charge on any atom is 0.410 e. The van der Waals surface area contributed by atoms with Crippen molar-refractivity contribution in [1.29, 1.82) is 0 Å². The Bertz CT molecular complexity index is 417. The summed E-state index contributed by atoms with van der Waals surface area (Å²) in [7, 11) is 0. The van der Waals surface area contributed by atoms with Crippen LogP contribution in [0.15, 0.2) is 0 Å². The number of carbonyl (C=O) groups is 1. The number of rotatable bonds is 2. The number of carbonyl (C=O) groups excluding carboxylic acids is 1. The highest BCUT2D eigenvalue weighted by Gasteiger charge is 2.34. The van der Waals surface area contributed by atoms with Crippen molar-refractivity contribution in [1.82, 2.24) is 10.2 Å². The predicted octanol–water partition coefficient (Wildman–Crippen LogP) is 3.32. The van der Waals surface area contributed by atoms with Crippen molar-refractivity contribution in [2.45, 2.75) is 96.6 Å². The van der Waals surface area contributed by atoms with E-state index in [2.05, 4.69) is 26.1 Å². The van der Waals surface area contributed by atoms with Crippen LogP contribution in [0.2, 0.25) is 0 Å². The average molecular weight is 326 g/mol. The van der Waals surface area contributed by atoms with E-state index in [0.29, 0.717) is 12.1 Å². The van der Waals surface area contributed by atoms with Gasteiger partial charge in [-0.05, 0) is 67.2 Å². The molecule has 2 aliphatic rings. The van der Waals surface area contributed by atoms with Crippen LogP contribution in [0.1, 0.15) is 67.2 Å². The first-order valence-electron chi connectivity index (χ1n) is 8.95. The zero-order valence-corrected chi connectivity index (χ0v) is 15.6. The molecule has 0 bridgehead atoms. The highest BCUT2D eigenvalue weighted by molar-refractivity contribution is 5.68. The largest absolute Gasteiger partial charge is 0.444 e. The molecule has 2 aliphatic heterocycles. The summed E-state index contributed by atoms with van der Waals surface area (Å²) in [5.41, 5.74) is -0.460. The fourth-order valence-electron chi connectivity index (χ4n) is 3.62. The summed E-state index contributed by atoms with van der Waals surface area (Å²) in [5.74, 6) is 0. The van der Waals surface area contributed by atoms with Gasteiger partial charge in [0, 0.05) is 31.3 Å². The molecule has 2 rings (SSSR count). The number of hydrogen-bond donors (Lipinski definition) is 1. The molecule has 5 heteroatoms. The number of amides is 1. The lowest BCUT2D eigenvalue weighted by Crippen LogP contribution is -2.54. The molecule has 0 spiro atoms. The maximum atomic E-state index is 12.3. The normalized spacial score (nSPS) is 31.7. The van der Waals surface area contributed by atoms with Crippen LogP contribution < -0.4 is 5.32 Å². The quantitative estimate of drug-likeness (QED) is 0.846. The topological polar surface area (TPSA) is 50.8 Å². The van der Waals surface area contributed by atoms with Gasteiger partial charge in [-0.2, -0.15) is 0 Å². The number of nitrogens with zero attached hydrogens (tertiary/aromatic N) is 1. The van der Waals surface area contributed by atoms with Crippen molar-refractivity contribution in [3.05, 3.63) is 0 Å². The van der Waals surface area contributed by atoms with Crippen molar-refractivity contribution in [3.8, 4) is 0 Å². The summed E-state index contributed by atoms with van der Waals surface area (Å²) in [6.07, 6.45) is 3.91. The number of likely N-dealkylation sites (tertiary alicyclic amines) is 1. The van der Waals surface area contributed by atoms with Crippen LogP contribution >= 0.6 is 0 Å². The third-order valence-corrected chi connectivity index (χ3v) is 4.67. The molecular weight excluding hydrogens is 292 g/mol. The third-order valence-electron chi connectivity index (χ3n) is 4.67. The van der Waals surface area contributed by atoms with Gasteiger partial charge in [-0.25, -0.2) is 4.79 Å². The number of nitrogens with one attached hydrogen (secondary N) is 1. The van der Waals surface area contributed by atoms with E-state index in [4.69, 9.17) is 9.47 Å². The van der Waals surface area contributed by atoms with Gasteiger partial charge < -0.3 is 19.7 Å². The molecule has 0 aromatic heterocycles. The average Bonchev–Trinajstić information content (AvgIpc) is 2.35. The highest BCUT2D eigenvalue weighted by atomic mass is 16.6. The van der Waals surface area contributed by atoms with Gasteiger partial charge in [0.1, 0.15) is 5.60 Å². The van der Waals surface area contributed by atoms with E-state index < -0.39 is 5.60 Å². The molecule has 5 nitrogen and oxygen atoms in total. The van der Waals surface area contributed by atoms with Gasteiger partial charge in [0.25, 0.3) is 0 Å². The second kappa shape index (κ2) is 6.98. The molecule has 0 saturated carbocycles. The molecule has 3 atom stereocenters. The second-order valence-electron chi connectivity index (χ2n) is 8.71. The highest BCUT2D eigenvalue weighted by Crippen LogP contribution is 2.26. The van der Waals surface area contributed by atoms with E-state index in [1.807, 2.05) is 25.7 Å². The Morgan fingerprint density at radius 1 is 1.26 bits per heavy atom. The maximum absolute atomic E-state index is 12.3. The fourth-order valence-corrected chi connectivity index (χ4v) is 3.62. The van der Waals surface area contributed by atoms with E-state index in [1.165, 1.54) is 0 Å². The van der Waals surface area contributed by atoms with Gasteiger partial charge in [-0.3, -0.25) is 0 Å². The first-order chi connectivity index (χ1) is 10.6. The summed E-state index contributed by atoms with van der Waals surface area (Å²) >= 11 is 0. The Hall–Kier alpha value is -0.810. The lowest BCUT2D eigenvalue weighted by Gasteiger charge is -2.42. The van der Waals surface area contributed by atoms with Gasteiger partial charge in [-0.15, -0.1) is 0 Å². The molecule has 0 aromatic rings. The van der Waals surface area contributed by atoms with Gasteiger partial charge in [0.05, 0.1) is 5.60 Å². The summed E-state index contributed by atoms with van der Waals surface area (Å²) in [5, 5.41) is 3.79. The molecule has 1 amide bonds. The SMILES string of the molecule is CC1CC(NC2CCOC(C)(C)C2)CCN1C(=O)OC(C)(C)C. The smallest absolute Gasteiger partial charge is 0.410 e. The Kier molecular flexibility index (Phi) is 5.62. The Morgan fingerprint density at radius 2 is 1.96 bits per heavy atom. The van der Waals surface area contributed by atoms with Gasteiger partial charge in [0.2, 0.25) is 0 Å². The van der Waals surface area contributed by atoms with Gasteiger partial charge in [0.15, 0.2) is 0 Å². The standard InChI is InChI=1S/C18H34N2O3/c1-13-11-14(19-15-8-10-22-18(5,6)12-15)7-9-20(13)16(21)23-17(2,3)4/h13-15,19H,7-12H2,1-6H3. The monoisotopic (exact) mass is 326 g/mol. The predicted molar refractivity (Wildman–Crippen MR) is 91.6 cm³/mol. The van der Waals surface area contributed by atoms with Crippen molar-refractivity contribution >= 4 is 6.09 Å². The van der Waals surface area contributed by atoms with Crippen LogP contribution in [0.5, 0.6) is 0 Å². The lowest BCUT2D eigenvalue weighted by molar-refractivity contribution is -0.0653. The Morgan fingerprint density at radius 3 is 2.52 bits per heavy atom. The van der Waals surface area contributed by atoms with Crippen molar-refractivity contribution in [2.75, 3.05) is 13.2 Å². The zero-order chi connectivity index (χ0) is 17.3. The molecule has 1 N–H and O–H groups in total. The van der Waals surface area contributed by atoms with E-state index in [0.717, 1.165) is 38.8 Å². The molecule has 3 unspecified atom stereocenters. The molecule has 0 aromatic carbocycles. The summed E-state index contributed by atoms with van der Waals surface area (Å²) in [6, 6.07) is 1.20. The van der Waals surface area contributed by atoms with Gasteiger partial charge in [-0.1, -0.05) is 0 Å². The second-order valence-corrected chi connectivity index (χ2v) is 8.71. The van der Waals surface area contributed by atoms with E-state index in [9.17, 15) is 4.79 Å². The molecular formula is C18H34N2O3. The first-order valence-corrected chi connectivity index (χ1v) is 8.95. The summed E-state index contributed by atoms with van der Waals surface area (Å²) < 4.78 is 11.3. The van der Waals surface area contributed by atoms with Crippen LogP contribution in [-0.2, 0) is 9.47 Å². The van der Waals surface area contributed by atoms with Crippen molar-refractivity contribution in [3.63, 3.8) is 0 Å². The Labute approximate surface area is 141 Å². The van der Waals surface area contributed by atoms with Gasteiger partial charge >= 0.3 is 6.09 Å². The van der Waals surface area contributed by atoms with Crippen molar-refractivity contribution in [2.24, 2.45) is 0 Å². The zero-order valence-electron chi connectivity index (χ0n) is 15.6. The van der Waals surface area contributed by atoms with Crippen molar-refractivity contribution < 1.29 is 14.3 Å². The van der Waals surface area contributed by atoms with Crippen LogP contribution in [0.4, 0.5) is 4.79 Å². The summed E-state index contributed by atoms with van der Waals surface area (Å²) in [6.45, 7) is 13.8. The molecule has 23 heavy (non-hydrogen) atoms. The molecule has 2 saturated heterocycles. The molecule has 0 radical (unpaired) electrons. The minimum Gasteiger partial charge on any atom is -0.444 e. The van der Waals surface area contributed by atoms with Crippen LogP contribution in [-0.4, -0.2) is 53.5 Å². The minimum atomic E-state index is -0.431. The third kappa shape index (κ3) is 5.64. The molecule has 2 fully saturated rings. The molecule has 2 heterocycles. The van der Waals surface area contributed by atoms with Crippen LogP contribution in [0.25, 0.3) is 0 Å². The summed E-state index contributed by atoms with van der Waals surface area (Å²) in [4.78, 5) is 14.1. The van der Waals surface area contributed by atoms with Crippen LogP contribution in [0, 0.1) is 0 Å². The number of hydrogen-bond acceptors (Lipinski definition) is 4. The Balaban J connectivity index is 1.83. The van der Waals surface area contributed by atoms with E-state index >= 15 is 0 Å². The fraction of sp³-hybridized carbons (Fsp3) is 0.944. The molecule has 0 aliphatic carbocycles. The molecule has 134 valence electrons.